The van der Waals surface area contributed by atoms with Gasteiger partial charge in [-0.1, -0.05) is 32.1 Å². The average molecular weight is 191 g/mol. The van der Waals surface area contributed by atoms with Crippen LogP contribution in [0.5, 0.6) is 0 Å². The number of nitrogens with one attached hydrogen (secondary N) is 1. The first kappa shape index (κ1) is 10.8. The molecule has 1 heterocycles. The molecule has 0 saturated heterocycles. The molecule has 0 fully saturated rings. The monoisotopic (exact) mass is 191 g/mol. The Labute approximate surface area is 85.4 Å². The lowest BCUT2D eigenvalue weighted by atomic mass is 10.1. The molecule has 2 nitrogen and oxygen atoms in total. The summed E-state index contributed by atoms with van der Waals surface area (Å²) in [6.07, 6.45) is 7.87. The molecule has 0 aliphatic carbocycles. The quantitative estimate of drug-likeness (QED) is 0.681. The zero-order valence-corrected chi connectivity index (χ0v) is 9.00. The van der Waals surface area contributed by atoms with Gasteiger partial charge in [0.15, 0.2) is 0 Å². The fourth-order valence-corrected chi connectivity index (χ4v) is 1.25. The lowest BCUT2D eigenvalue weighted by Crippen LogP contribution is -2.16. The Morgan fingerprint density at radius 1 is 1.36 bits per heavy atom. The minimum absolute atomic E-state index is 0.0386. The van der Waals surface area contributed by atoms with E-state index in [1.165, 1.54) is 0 Å². The van der Waals surface area contributed by atoms with Crippen molar-refractivity contribution >= 4 is 5.91 Å². The van der Waals surface area contributed by atoms with Crippen molar-refractivity contribution < 1.29 is 4.79 Å². The molecular weight excluding hydrogens is 174 g/mol. The largest absolute Gasteiger partial charge is 0.348 e. The molecule has 76 valence electrons. The van der Waals surface area contributed by atoms with E-state index in [0.717, 1.165) is 11.1 Å². The third kappa shape index (κ3) is 2.87. The molecule has 0 aromatic rings. The number of hydrogen-bond donors (Lipinski definition) is 1. The summed E-state index contributed by atoms with van der Waals surface area (Å²) < 4.78 is 0. The summed E-state index contributed by atoms with van der Waals surface area (Å²) in [4.78, 5) is 11.3. The van der Waals surface area contributed by atoms with Crippen LogP contribution in [0.2, 0.25) is 0 Å². The molecule has 0 radical (unpaired) electrons. The fraction of sp³-hybridized carbons (Fsp3) is 0.417. The predicted molar refractivity (Wildman–Crippen MR) is 58.8 cm³/mol. The highest BCUT2D eigenvalue weighted by Crippen LogP contribution is 2.11. The molecule has 1 aliphatic rings. The van der Waals surface area contributed by atoms with Gasteiger partial charge < -0.3 is 5.32 Å². The molecular formula is C12H17NO. The third-order valence-electron chi connectivity index (χ3n) is 2.09. The highest BCUT2D eigenvalue weighted by atomic mass is 16.1. The Kier molecular flexibility index (Phi) is 3.69. The highest BCUT2D eigenvalue weighted by molar-refractivity contribution is 5.99. The van der Waals surface area contributed by atoms with E-state index in [0.29, 0.717) is 12.5 Å². The van der Waals surface area contributed by atoms with E-state index in [-0.39, 0.29) is 5.91 Å². The Bertz CT molecular complexity index is 308. The van der Waals surface area contributed by atoms with Gasteiger partial charge in [-0.15, -0.1) is 0 Å². The summed E-state index contributed by atoms with van der Waals surface area (Å²) >= 11 is 0. The second kappa shape index (κ2) is 4.80. The molecule has 0 aromatic heterocycles. The van der Waals surface area contributed by atoms with Gasteiger partial charge in [0.2, 0.25) is 0 Å². The molecule has 1 rings (SSSR count). The third-order valence-corrected chi connectivity index (χ3v) is 2.09. The molecule has 0 aromatic carbocycles. The van der Waals surface area contributed by atoms with Gasteiger partial charge in [-0.05, 0) is 24.5 Å². The van der Waals surface area contributed by atoms with E-state index in [2.05, 4.69) is 25.2 Å². The Morgan fingerprint density at radius 2 is 2.07 bits per heavy atom. The summed E-state index contributed by atoms with van der Waals surface area (Å²) in [5.74, 6) is 0.587. The summed E-state index contributed by atoms with van der Waals surface area (Å²) in [5, 5.41) is 2.78. The smallest absolute Gasteiger partial charge is 0.251 e. The highest BCUT2D eigenvalue weighted by Gasteiger charge is 2.15. The molecule has 1 N–H and O–H groups in total. The van der Waals surface area contributed by atoms with Gasteiger partial charge in [-0.25, -0.2) is 0 Å². The topological polar surface area (TPSA) is 29.1 Å². The van der Waals surface area contributed by atoms with E-state index < -0.39 is 0 Å². The van der Waals surface area contributed by atoms with Crippen molar-refractivity contribution in [3.05, 3.63) is 35.5 Å². The number of hydrogen-bond acceptors (Lipinski definition) is 1. The minimum Gasteiger partial charge on any atom is -0.348 e. The average Bonchev–Trinajstić information content (AvgIpc) is 2.42. The summed E-state index contributed by atoms with van der Waals surface area (Å²) in [6, 6.07) is 0. The first-order chi connectivity index (χ1) is 6.61. The number of allylic oxidation sites excluding steroid dienone is 3. The fourth-order valence-electron chi connectivity index (χ4n) is 1.25. The molecule has 1 aliphatic heterocycles. The van der Waals surface area contributed by atoms with Crippen molar-refractivity contribution in [2.24, 2.45) is 5.92 Å². The molecule has 2 heteroatoms. The number of carbonyl (C=O) groups excluding carboxylic acids is 1. The Morgan fingerprint density at radius 3 is 2.57 bits per heavy atom. The first-order valence-corrected chi connectivity index (χ1v) is 4.94. The second-order valence-corrected chi connectivity index (χ2v) is 3.86. The van der Waals surface area contributed by atoms with Crippen LogP contribution >= 0.6 is 0 Å². The predicted octanol–water partition coefficient (Wildman–Crippen LogP) is 2.20. The summed E-state index contributed by atoms with van der Waals surface area (Å²) in [5.41, 5.74) is 1.92. The van der Waals surface area contributed by atoms with Gasteiger partial charge in [-0.3, -0.25) is 4.79 Å². The maximum absolute atomic E-state index is 11.3. The van der Waals surface area contributed by atoms with Crippen molar-refractivity contribution in [2.45, 2.75) is 20.8 Å². The first-order valence-electron chi connectivity index (χ1n) is 4.94. The lowest BCUT2D eigenvalue weighted by Gasteiger charge is -1.92. The standard InChI is InChI=1S/C12H17NO/c1-9(2)6-4-5-7-11-10(3)8-13-12(11)14/h4-7,9H,8H2,1-3H3,(H,13,14)/b6-4+,7-5-. The van der Waals surface area contributed by atoms with Crippen LogP contribution < -0.4 is 5.32 Å². The van der Waals surface area contributed by atoms with Crippen LogP contribution in [0.25, 0.3) is 0 Å². The van der Waals surface area contributed by atoms with Crippen molar-refractivity contribution in [3.63, 3.8) is 0 Å². The second-order valence-electron chi connectivity index (χ2n) is 3.86. The molecule has 0 spiro atoms. The maximum Gasteiger partial charge on any atom is 0.251 e. The van der Waals surface area contributed by atoms with E-state index >= 15 is 0 Å². The maximum atomic E-state index is 11.3. The van der Waals surface area contributed by atoms with Crippen LogP contribution in [0.4, 0.5) is 0 Å². The minimum atomic E-state index is 0.0386. The number of rotatable bonds is 3. The van der Waals surface area contributed by atoms with Gasteiger partial charge in [0, 0.05) is 12.1 Å². The van der Waals surface area contributed by atoms with E-state index in [1.54, 1.807) is 0 Å². The summed E-state index contributed by atoms with van der Waals surface area (Å²) in [6.45, 7) is 6.91. The molecule has 1 amide bonds. The van der Waals surface area contributed by atoms with Crippen LogP contribution in [0.15, 0.2) is 35.5 Å². The molecule has 0 unspecified atom stereocenters. The van der Waals surface area contributed by atoms with Crippen LogP contribution in [0, 0.1) is 5.92 Å². The van der Waals surface area contributed by atoms with Crippen molar-refractivity contribution in [2.75, 3.05) is 6.54 Å². The molecule has 0 bridgehead atoms. The van der Waals surface area contributed by atoms with Crippen molar-refractivity contribution in [3.8, 4) is 0 Å². The van der Waals surface area contributed by atoms with Crippen LogP contribution in [0.3, 0.4) is 0 Å². The van der Waals surface area contributed by atoms with Crippen LogP contribution in [0.1, 0.15) is 20.8 Å². The van der Waals surface area contributed by atoms with Crippen LogP contribution in [-0.4, -0.2) is 12.5 Å². The number of amides is 1. The molecule has 14 heavy (non-hydrogen) atoms. The van der Waals surface area contributed by atoms with Crippen molar-refractivity contribution in [1.29, 1.82) is 0 Å². The Hall–Kier alpha value is -1.31. The van der Waals surface area contributed by atoms with Gasteiger partial charge >= 0.3 is 0 Å². The van der Waals surface area contributed by atoms with E-state index in [9.17, 15) is 4.79 Å². The van der Waals surface area contributed by atoms with Crippen LogP contribution in [-0.2, 0) is 4.79 Å². The van der Waals surface area contributed by atoms with Gasteiger partial charge in [0.1, 0.15) is 0 Å². The van der Waals surface area contributed by atoms with Gasteiger partial charge in [0.25, 0.3) is 5.91 Å². The van der Waals surface area contributed by atoms with E-state index in [4.69, 9.17) is 0 Å². The Balaban J connectivity index is 2.60. The normalized spacial score (nSPS) is 17.9. The van der Waals surface area contributed by atoms with Gasteiger partial charge in [-0.2, -0.15) is 0 Å². The SMILES string of the molecule is CC1=C(/C=C\C=C\C(C)C)C(=O)NC1. The van der Waals surface area contributed by atoms with Gasteiger partial charge in [0.05, 0.1) is 0 Å². The molecule has 0 saturated carbocycles. The lowest BCUT2D eigenvalue weighted by molar-refractivity contribution is -0.116. The zero-order chi connectivity index (χ0) is 10.6. The zero-order valence-electron chi connectivity index (χ0n) is 9.00. The van der Waals surface area contributed by atoms with E-state index in [1.807, 2.05) is 25.2 Å². The summed E-state index contributed by atoms with van der Waals surface area (Å²) in [7, 11) is 0. The number of carbonyl (C=O) groups is 1. The van der Waals surface area contributed by atoms with Crippen molar-refractivity contribution in [1.82, 2.24) is 5.32 Å². The molecule has 0 atom stereocenters.